The molecule has 0 aliphatic carbocycles. The van der Waals surface area contributed by atoms with Gasteiger partial charge in [0.15, 0.2) is 6.61 Å². The van der Waals surface area contributed by atoms with E-state index in [4.69, 9.17) is 14.4 Å². The lowest BCUT2D eigenvalue weighted by atomic mass is 10.2. The molecule has 2 aromatic carbocycles. The highest BCUT2D eigenvalue weighted by atomic mass is 32.2. The minimum absolute atomic E-state index is 0.0422. The van der Waals surface area contributed by atoms with Gasteiger partial charge in [0.25, 0.3) is 5.91 Å². The molecule has 9 heteroatoms. The average Bonchev–Trinajstić information content (AvgIpc) is 3.25. The Morgan fingerprint density at radius 1 is 1.07 bits per heavy atom. The number of amides is 1. The molecule has 1 heterocycles. The van der Waals surface area contributed by atoms with Gasteiger partial charge in [-0.2, -0.15) is 5.26 Å². The van der Waals surface area contributed by atoms with Crippen LogP contribution in [0.5, 0.6) is 5.75 Å². The van der Waals surface area contributed by atoms with Crippen LogP contribution in [0, 0.1) is 11.3 Å². The van der Waals surface area contributed by atoms with E-state index >= 15 is 0 Å². The third-order valence-corrected chi connectivity index (χ3v) is 5.24. The van der Waals surface area contributed by atoms with Gasteiger partial charge in [-0.3, -0.25) is 4.79 Å². The van der Waals surface area contributed by atoms with Crippen molar-refractivity contribution in [2.45, 2.75) is 11.4 Å². The number of nitriles is 1. The minimum Gasteiger partial charge on any atom is -0.484 e. The first kappa shape index (κ1) is 20.1. The van der Waals surface area contributed by atoms with Gasteiger partial charge in [0.1, 0.15) is 11.5 Å². The Balaban J connectivity index is 1.52. The third kappa shape index (κ3) is 5.68. The summed E-state index contributed by atoms with van der Waals surface area (Å²) >= 11 is 0. The largest absolute Gasteiger partial charge is 0.484 e. The van der Waals surface area contributed by atoms with Crippen molar-refractivity contribution in [3.05, 3.63) is 78.3 Å². The fourth-order valence-corrected chi connectivity index (χ4v) is 3.35. The molecular formula is C20H17N3O5S. The molecule has 0 atom stereocenters. The molecule has 0 aliphatic heterocycles. The molecule has 8 nitrogen and oxygen atoms in total. The van der Waals surface area contributed by atoms with Gasteiger partial charge in [0.2, 0.25) is 10.0 Å². The molecule has 0 unspecified atom stereocenters. The minimum atomic E-state index is -3.70. The van der Waals surface area contributed by atoms with Crippen molar-refractivity contribution in [1.29, 1.82) is 5.26 Å². The number of hydrogen-bond donors (Lipinski definition) is 2. The van der Waals surface area contributed by atoms with E-state index in [1.165, 1.54) is 30.5 Å². The molecular weight excluding hydrogens is 394 g/mol. The molecule has 2 N–H and O–H groups in total. The van der Waals surface area contributed by atoms with Crippen molar-refractivity contribution < 1.29 is 22.4 Å². The lowest BCUT2D eigenvalue weighted by Gasteiger charge is -2.09. The van der Waals surface area contributed by atoms with Gasteiger partial charge in [0.05, 0.1) is 29.3 Å². The first-order valence-corrected chi connectivity index (χ1v) is 9.99. The number of sulfonamides is 1. The van der Waals surface area contributed by atoms with E-state index in [0.29, 0.717) is 22.8 Å². The molecule has 0 saturated carbocycles. The summed E-state index contributed by atoms with van der Waals surface area (Å²) in [5.41, 5.74) is 0.930. The quantitative estimate of drug-likeness (QED) is 0.588. The Hall–Kier alpha value is -3.61. The number of carbonyl (C=O) groups is 1. The average molecular weight is 411 g/mol. The number of hydrogen-bond acceptors (Lipinski definition) is 6. The fraction of sp³-hybridized carbons (Fsp3) is 0.100. The van der Waals surface area contributed by atoms with Crippen LogP contribution in [-0.4, -0.2) is 20.9 Å². The number of rotatable bonds is 8. The summed E-state index contributed by atoms with van der Waals surface area (Å²) in [6, 6.07) is 17.5. The van der Waals surface area contributed by atoms with E-state index in [2.05, 4.69) is 10.0 Å². The van der Waals surface area contributed by atoms with Crippen LogP contribution in [0.1, 0.15) is 11.3 Å². The summed E-state index contributed by atoms with van der Waals surface area (Å²) < 4.78 is 37.4. The van der Waals surface area contributed by atoms with E-state index in [1.54, 1.807) is 36.4 Å². The van der Waals surface area contributed by atoms with Crippen LogP contribution in [0.3, 0.4) is 0 Å². The van der Waals surface area contributed by atoms with Crippen molar-refractivity contribution in [3.63, 3.8) is 0 Å². The highest BCUT2D eigenvalue weighted by molar-refractivity contribution is 7.89. The second-order valence-electron chi connectivity index (χ2n) is 5.90. The summed E-state index contributed by atoms with van der Waals surface area (Å²) in [6.07, 6.45) is 1.46. The maximum Gasteiger partial charge on any atom is 0.262 e. The second kappa shape index (κ2) is 9.05. The predicted molar refractivity (Wildman–Crippen MR) is 104 cm³/mol. The van der Waals surface area contributed by atoms with Gasteiger partial charge in [-0.25, -0.2) is 13.1 Å². The fourth-order valence-electron chi connectivity index (χ4n) is 2.35. The molecule has 1 aromatic heterocycles. The first-order valence-electron chi connectivity index (χ1n) is 8.51. The molecule has 0 radical (unpaired) electrons. The molecule has 29 heavy (non-hydrogen) atoms. The number of carbonyl (C=O) groups excluding carboxylic acids is 1. The summed E-state index contributed by atoms with van der Waals surface area (Å²) in [5, 5.41) is 11.4. The Morgan fingerprint density at radius 3 is 2.41 bits per heavy atom. The topological polar surface area (TPSA) is 121 Å². The number of nitrogens with one attached hydrogen (secondary N) is 2. The first-order chi connectivity index (χ1) is 14.0. The van der Waals surface area contributed by atoms with Gasteiger partial charge in [-0.15, -0.1) is 0 Å². The van der Waals surface area contributed by atoms with Gasteiger partial charge in [-0.05, 0) is 60.7 Å². The third-order valence-electron chi connectivity index (χ3n) is 3.82. The summed E-state index contributed by atoms with van der Waals surface area (Å²) in [6.45, 7) is -0.183. The number of anilines is 1. The van der Waals surface area contributed by atoms with Crippen LogP contribution in [0.25, 0.3) is 0 Å². The van der Waals surface area contributed by atoms with E-state index in [0.717, 1.165) is 0 Å². The summed E-state index contributed by atoms with van der Waals surface area (Å²) in [7, 11) is -3.70. The molecule has 0 bridgehead atoms. The standard InChI is InChI=1S/C20H17N3O5S/c21-12-15-3-7-17(8-4-15)28-14-20(24)23-16-5-9-19(10-6-16)29(25,26)22-13-18-2-1-11-27-18/h1-11,22H,13-14H2,(H,23,24). The highest BCUT2D eigenvalue weighted by Gasteiger charge is 2.14. The van der Waals surface area contributed by atoms with Crippen molar-refractivity contribution in [2.75, 3.05) is 11.9 Å². The van der Waals surface area contributed by atoms with Crippen LogP contribution in [0.4, 0.5) is 5.69 Å². The van der Waals surface area contributed by atoms with Gasteiger partial charge in [0, 0.05) is 5.69 Å². The monoisotopic (exact) mass is 411 g/mol. The highest BCUT2D eigenvalue weighted by Crippen LogP contribution is 2.15. The Morgan fingerprint density at radius 2 is 1.79 bits per heavy atom. The summed E-state index contributed by atoms with van der Waals surface area (Å²) in [5.74, 6) is 0.559. The zero-order chi connectivity index (χ0) is 20.7. The van der Waals surface area contributed by atoms with Gasteiger partial charge in [-0.1, -0.05) is 0 Å². The Bertz CT molecular complexity index is 1100. The Kier molecular flexibility index (Phi) is 6.29. The lowest BCUT2D eigenvalue weighted by molar-refractivity contribution is -0.118. The number of furan rings is 1. The SMILES string of the molecule is N#Cc1ccc(OCC(=O)Nc2ccc(S(=O)(=O)NCc3ccco3)cc2)cc1. The molecule has 3 rings (SSSR count). The maximum atomic E-state index is 12.3. The van der Waals surface area contributed by atoms with E-state index in [-0.39, 0.29) is 18.0 Å². The van der Waals surface area contributed by atoms with Gasteiger partial charge >= 0.3 is 0 Å². The summed E-state index contributed by atoms with van der Waals surface area (Å²) in [4.78, 5) is 12.1. The van der Waals surface area contributed by atoms with E-state index in [9.17, 15) is 13.2 Å². The van der Waals surface area contributed by atoms with Crippen LogP contribution < -0.4 is 14.8 Å². The van der Waals surface area contributed by atoms with Crippen molar-refractivity contribution in [1.82, 2.24) is 4.72 Å². The molecule has 1 amide bonds. The lowest BCUT2D eigenvalue weighted by Crippen LogP contribution is -2.23. The van der Waals surface area contributed by atoms with E-state index < -0.39 is 15.9 Å². The molecule has 3 aromatic rings. The second-order valence-corrected chi connectivity index (χ2v) is 7.67. The number of benzene rings is 2. The van der Waals surface area contributed by atoms with Crippen LogP contribution in [0.2, 0.25) is 0 Å². The van der Waals surface area contributed by atoms with Crippen molar-refractivity contribution in [2.24, 2.45) is 0 Å². The number of ether oxygens (including phenoxy) is 1. The molecule has 0 saturated heterocycles. The molecule has 0 aliphatic rings. The van der Waals surface area contributed by atoms with Gasteiger partial charge < -0.3 is 14.5 Å². The van der Waals surface area contributed by atoms with Crippen molar-refractivity contribution in [3.8, 4) is 11.8 Å². The van der Waals surface area contributed by atoms with Crippen molar-refractivity contribution >= 4 is 21.6 Å². The normalized spacial score (nSPS) is 10.9. The Labute approximate surface area is 167 Å². The molecule has 0 fully saturated rings. The predicted octanol–water partition coefficient (Wildman–Crippen LogP) is 2.65. The maximum absolute atomic E-state index is 12.3. The van der Waals surface area contributed by atoms with Crippen LogP contribution in [-0.2, 0) is 21.4 Å². The number of nitrogens with zero attached hydrogens (tertiary/aromatic N) is 1. The van der Waals surface area contributed by atoms with Crippen LogP contribution >= 0.6 is 0 Å². The smallest absolute Gasteiger partial charge is 0.262 e. The zero-order valence-electron chi connectivity index (χ0n) is 15.2. The molecule has 0 spiro atoms. The van der Waals surface area contributed by atoms with E-state index in [1.807, 2.05) is 6.07 Å². The van der Waals surface area contributed by atoms with Crippen LogP contribution in [0.15, 0.2) is 76.2 Å². The molecule has 148 valence electrons. The zero-order valence-corrected chi connectivity index (χ0v) is 16.0.